The van der Waals surface area contributed by atoms with Crippen molar-refractivity contribution in [2.75, 3.05) is 37.7 Å². The lowest BCUT2D eigenvalue weighted by molar-refractivity contribution is 0.0282. The molecule has 6 heteroatoms. The first-order valence-corrected chi connectivity index (χ1v) is 8.83. The zero-order chi connectivity index (χ0) is 15.6. The van der Waals surface area contributed by atoms with E-state index in [2.05, 4.69) is 9.80 Å². The monoisotopic (exact) mass is 333 g/mol. The zero-order valence-corrected chi connectivity index (χ0v) is 13.7. The van der Waals surface area contributed by atoms with Crippen LogP contribution in [-0.2, 0) is 0 Å². The molecule has 5 nitrogen and oxygen atoms in total. The largest absolute Gasteiger partial charge is 0.489 e. The number of hydrogen-bond donors (Lipinski definition) is 0. The van der Waals surface area contributed by atoms with E-state index in [0.29, 0.717) is 23.6 Å². The van der Waals surface area contributed by atoms with Gasteiger partial charge >= 0.3 is 6.03 Å². The second kappa shape index (κ2) is 5.02. The molecule has 5 aliphatic heterocycles. The van der Waals surface area contributed by atoms with E-state index in [4.69, 9.17) is 16.3 Å². The van der Waals surface area contributed by atoms with Crippen LogP contribution in [0.2, 0.25) is 5.02 Å². The average molecular weight is 334 g/mol. The lowest BCUT2D eigenvalue weighted by atomic mass is 9.83. The number of halogens is 1. The topological polar surface area (TPSA) is 36.0 Å². The van der Waals surface area contributed by atoms with Crippen molar-refractivity contribution in [1.82, 2.24) is 9.80 Å². The summed E-state index contributed by atoms with van der Waals surface area (Å²) in [5.74, 6) is 1.42. The molecule has 5 heterocycles. The van der Waals surface area contributed by atoms with Gasteiger partial charge in [0.1, 0.15) is 12.4 Å². The Bertz CT molecular complexity index is 659. The molecule has 2 amide bonds. The molecular weight excluding hydrogens is 314 g/mol. The number of piperidine rings is 3. The summed E-state index contributed by atoms with van der Waals surface area (Å²) in [4.78, 5) is 19.6. The molecule has 0 aliphatic carbocycles. The van der Waals surface area contributed by atoms with Gasteiger partial charge in [-0.15, -0.1) is 0 Å². The summed E-state index contributed by atoms with van der Waals surface area (Å²) in [5, 5.41) is 0.641. The summed E-state index contributed by atoms with van der Waals surface area (Å²) in [5.41, 5.74) is 0.822. The fourth-order valence-electron chi connectivity index (χ4n) is 4.66. The predicted octanol–water partition coefficient (Wildman–Crippen LogP) is 2.44. The predicted molar refractivity (Wildman–Crippen MR) is 88.3 cm³/mol. The Morgan fingerprint density at radius 3 is 2.74 bits per heavy atom. The number of benzene rings is 1. The Balaban J connectivity index is 1.47. The maximum Gasteiger partial charge on any atom is 0.325 e. The zero-order valence-electron chi connectivity index (χ0n) is 12.9. The van der Waals surface area contributed by atoms with Crippen LogP contribution in [0.4, 0.5) is 10.5 Å². The molecule has 2 bridgehead atoms. The third-order valence-electron chi connectivity index (χ3n) is 5.86. The van der Waals surface area contributed by atoms with Crippen LogP contribution < -0.4 is 9.64 Å². The van der Waals surface area contributed by atoms with E-state index in [1.807, 2.05) is 23.1 Å². The maximum absolute atomic E-state index is 13.1. The highest BCUT2D eigenvalue weighted by Crippen LogP contribution is 2.41. The first-order chi connectivity index (χ1) is 11.2. The van der Waals surface area contributed by atoms with Crippen LogP contribution in [-0.4, -0.2) is 60.7 Å². The van der Waals surface area contributed by atoms with E-state index in [0.717, 1.165) is 24.5 Å². The van der Waals surface area contributed by atoms with Crippen molar-refractivity contribution in [1.29, 1.82) is 0 Å². The van der Waals surface area contributed by atoms with E-state index < -0.39 is 0 Å². The van der Waals surface area contributed by atoms with E-state index in [1.165, 1.54) is 25.9 Å². The summed E-state index contributed by atoms with van der Waals surface area (Å²) in [7, 11) is 0. The first kappa shape index (κ1) is 13.9. The molecule has 1 aromatic carbocycles. The lowest BCUT2D eigenvalue weighted by Crippen LogP contribution is -2.58. The highest BCUT2D eigenvalue weighted by atomic mass is 35.5. The normalized spacial score (nSPS) is 35.1. The van der Waals surface area contributed by atoms with Gasteiger partial charge in [-0.25, -0.2) is 4.79 Å². The SMILES string of the molecule is O=C1N(C2CN3CCC2CC3)CC2COc3ccc(Cl)cc3N12. The highest BCUT2D eigenvalue weighted by molar-refractivity contribution is 6.31. The minimum atomic E-state index is 0.101. The first-order valence-electron chi connectivity index (χ1n) is 8.45. The molecule has 0 saturated carbocycles. The molecule has 4 saturated heterocycles. The van der Waals surface area contributed by atoms with E-state index in [1.54, 1.807) is 0 Å². The standard InChI is InChI=1S/C17H20ClN3O2/c18-12-1-2-16-14(7-12)21-13(10-23-16)8-20(17(21)22)15-9-19-5-3-11(15)4-6-19/h1-2,7,11,13,15H,3-6,8-10H2. The van der Waals surface area contributed by atoms with Crippen LogP contribution in [0.5, 0.6) is 5.75 Å². The van der Waals surface area contributed by atoms with Crippen molar-refractivity contribution in [3.8, 4) is 5.75 Å². The summed E-state index contributed by atoms with van der Waals surface area (Å²) < 4.78 is 5.85. The van der Waals surface area contributed by atoms with Crippen LogP contribution in [0.1, 0.15) is 12.8 Å². The van der Waals surface area contributed by atoms with Crippen LogP contribution >= 0.6 is 11.6 Å². The molecule has 6 rings (SSSR count). The van der Waals surface area contributed by atoms with Crippen LogP contribution in [0.25, 0.3) is 0 Å². The summed E-state index contributed by atoms with van der Waals surface area (Å²) >= 11 is 6.14. The van der Waals surface area contributed by atoms with E-state index >= 15 is 0 Å². The van der Waals surface area contributed by atoms with Gasteiger partial charge in [0, 0.05) is 24.2 Å². The molecular formula is C17H20ClN3O2. The quantitative estimate of drug-likeness (QED) is 0.792. The van der Waals surface area contributed by atoms with Crippen LogP contribution in [0.3, 0.4) is 0 Å². The van der Waals surface area contributed by atoms with Gasteiger partial charge in [0.25, 0.3) is 0 Å². The van der Waals surface area contributed by atoms with Crippen molar-refractivity contribution >= 4 is 23.3 Å². The second-order valence-corrected chi connectivity index (χ2v) is 7.52. The smallest absolute Gasteiger partial charge is 0.325 e. The molecule has 1 aromatic rings. The summed E-state index contributed by atoms with van der Waals surface area (Å²) in [6.45, 7) is 4.74. The van der Waals surface area contributed by atoms with E-state index in [-0.39, 0.29) is 12.1 Å². The second-order valence-electron chi connectivity index (χ2n) is 7.09. The molecule has 0 radical (unpaired) electrons. The van der Waals surface area contributed by atoms with Crippen molar-refractivity contribution in [2.24, 2.45) is 5.92 Å². The van der Waals surface area contributed by atoms with Crippen molar-refractivity contribution in [2.45, 2.75) is 24.9 Å². The van der Waals surface area contributed by atoms with Crippen molar-refractivity contribution in [3.63, 3.8) is 0 Å². The highest BCUT2D eigenvalue weighted by Gasteiger charge is 2.48. The fourth-order valence-corrected chi connectivity index (χ4v) is 4.83. The minimum Gasteiger partial charge on any atom is -0.489 e. The molecule has 0 N–H and O–H groups in total. The fraction of sp³-hybridized carbons (Fsp3) is 0.588. The summed E-state index contributed by atoms with van der Waals surface area (Å²) in [6, 6.07) is 6.11. The number of hydrogen-bond acceptors (Lipinski definition) is 3. The van der Waals surface area contributed by atoms with Gasteiger partial charge in [-0.2, -0.15) is 0 Å². The Labute approximate surface area is 140 Å². The molecule has 23 heavy (non-hydrogen) atoms. The lowest BCUT2D eigenvalue weighted by Gasteiger charge is -2.47. The number of nitrogens with zero attached hydrogens (tertiary/aromatic N) is 3. The molecule has 122 valence electrons. The van der Waals surface area contributed by atoms with Crippen LogP contribution in [0, 0.1) is 5.92 Å². The third kappa shape index (κ3) is 2.06. The molecule has 2 unspecified atom stereocenters. The minimum absolute atomic E-state index is 0.101. The molecule has 5 aliphatic rings. The number of anilines is 1. The van der Waals surface area contributed by atoms with Crippen molar-refractivity contribution in [3.05, 3.63) is 23.2 Å². The number of carbonyl (C=O) groups excluding carboxylic acids is 1. The number of carbonyl (C=O) groups is 1. The Hall–Kier alpha value is -1.46. The van der Waals surface area contributed by atoms with E-state index in [9.17, 15) is 4.79 Å². The third-order valence-corrected chi connectivity index (χ3v) is 6.09. The van der Waals surface area contributed by atoms with Crippen molar-refractivity contribution < 1.29 is 9.53 Å². The van der Waals surface area contributed by atoms with Gasteiger partial charge in [-0.05, 0) is 50.0 Å². The Morgan fingerprint density at radius 1 is 1.17 bits per heavy atom. The average Bonchev–Trinajstić information content (AvgIpc) is 2.93. The Kier molecular flexibility index (Phi) is 3.04. The van der Waals surface area contributed by atoms with Gasteiger partial charge in [0.05, 0.1) is 11.7 Å². The van der Waals surface area contributed by atoms with Gasteiger partial charge in [-0.1, -0.05) is 11.6 Å². The molecule has 4 fully saturated rings. The van der Waals surface area contributed by atoms with Gasteiger partial charge < -0.3 is 14.5 Å². The Morgan fingerprint density at radius 2 is 2.00 bits per heavy atom. The van der Waals surface area contributed by atoms with Gasteiger partial charge in [0.2, 0.25) is 0 Å². The number of amides is 2. The van der Waals surface area contributed by atoms with Gasteiger partial charge in [0.15, 0.2) is 0 Å². The van der Waals surface area contributed by atoms with Gasteiger partial charge in [-0.3, -0.25) is 4.90 Å². The number of urea groups is 1. The summed E-state index contributed by atoms with van der Waals surface area (Å²) in [6.07, 6.45) is 2.44. The van der Waals surface area contributed by atoms with Crippen LogP contribution in [0.15, 0.2) is 18.2 Å². The maximum atomic E-state index is 13.1. The number of rotatable bonds is 1. The molecule has 0 spiro atoms. The number of ether oxygens (including phenoxy) is 1. The molecule has 0 aromatic heterocycles. The number of fused-ring (bicyclic) bond motifs is 6. The molecule has 2 atom stereocenters.